The lowest BCUT2D eigenvalue weighted by Crippen LogP contribution is -2.08. The maximum absolute atomic E-state index is 12.2. The van der Waals surface area contributed by atoms with Gasteiger partial charge in [-0.2, -0.15) is 0 Å². The molecule has 0 saturated heterocycles. The molecule has 174 valence electrons. The Kier molecular flexibility index (Phi) is 12.9. The molecule has 4 heteroatoms. The molecule has 2 rings (SSSR count). The van der Waals surface area contributed by atoms with Crippen molar-refractivity contribution in [1.29, 1.82) is 0 Å². The van der Waals surface area contributed by atoms with Crippen molar-refractivity contribution in [1.82, 2.24) is 0 Å². The van der Waals surface area contributed by atoms with E-state index >= 15 is 0 Å². The van der Waals surface area contributed by atoms with Crippen molar-refractivity contribution >= 4 is 12.3 Å². The summed E-state index contributed by atoms with van der Waals surface area (Å²) in [5.41, 5.74) is 1.00. The van der Waals surface area contributed by atoms with E-state index in [0.29, 0.717) is 23.5 Å². The van der Waals surface area contributed by atoms with Crippen molar-refractivity contribution in [2.75, 3.05) is 6.61 Å². The molecule has 4 nitrogen and oxygen atoms in total. The Morgan fingerprint density at radius 2 is 1.19 bits per heavy atom. The molecule has 2 aromatic rings. The van der Waals surface area contributed by atoms with Crippen molar-refractivity contribution in [3.8, 4) is 11.5 Å². The predicted octanol–water partition coefficient (Wildman–Crippen LogP) is 7.80. The molecule has 2 aromatic carbocycles. The molecule has 32 heavy (non-hydrogen) atoms. The van der Waals surface area contributed by atoms with Crippen LogP contribution in [0.3, 0.4) is 0 Å². The molecular weight excluding hydrogens is 400 g/mol. The molecule has 0 amide bonds. The van der Waals surface area contributed by atoms with Crippen LogP contribution in [0.15, 0.2) is 48.5 Å². The summed E-state index contributed by atoms with van der Waals surface area (Å²) in [5.74, 6) is 0.740. The summed E-state index contributed by atoms with van der Waals surface area (Å²) in [6.45, 7) is 2.96. The number of hydrogen-bond acceptors (Lipinski definition) is 4. The highest BCUT2D eigenvalue weighted by Gasteiger charge is 2.09. The number of carbonyl (C=O) groups is 2. The van der Waals surface area contributed by atoms with Crippen LogP contribution >= 0.6 is 0 Å². The summed E-state index contributed by atoms with van der Waals surface area (Å²) in [6.07, 6.45) is 16.6. The van der Waals surface area contributed by atoms with Gasteiger partial charge < -0.3 is 9.47 Å². The van der Waals surface area contributed by atoms with E-state index in [1.54, 1.807) is 48.5 Å². The minimum absolute atomic E-state index is 0.410. The van der Waals surface area contributed by atoms with E-state index in [1.807, 2.05) is 0 Å². The highest BCUT2D eigenvalue weighted by molar-refractivity contribution is 5.91. The van der Waals surface area contributed by atoms with Crippen LogP contribution in [0.5, 0.6) is 11.5 Å². The topological polar surface area (TPSA) is 52.6 Å². The van der Waals surface area contributed by atoms with Crippen molar-refractivity contribution in [2.24, 2.45) is 0 Å². The molecule has 0 fully saturated rings. The first-order valence-corrected chi connectivity index (χ1v) is 12.2. The molecule has 0 aliphatic rings. The van der Waals surface area contributed by atoms with Gasteiger partial charge in [-0.05, 0) is 55.0 Å². The molecule has 0 aliphatic carbocycles. The van der Waals surface area contributed by atoms with Crippen molar-refractivity contribution in [2.45, 2.75) is 84.0 Å². The van der Waals surface area contributed by atoms with Crippen LogP contribution in [0.25, 0.3) is 0 Å². The number of benzene rings is 2. The zero-order valence-corrected chi connectivity index (χ0v) is 19.5. The van der Waals surface area contributed by atoms with E-state index in [-0.39, 0.29) is 0 Å². The van der Waals surface area contributed by atoms with Gasteiger partial charge in [-0.15, -0.1) is 0 Å². The smallest absolute Gasteiger partial charge is 0.343 e. The Bertz CT molecular complexity index is 765. The van der Waals surface area contributed by atoms with Crippen LogP contribution in [0.2, 0.25) is 0 Å². The number of hydrogen-bond donors (Lipinski definition) is 0. The third-order valence-electron chi connectivity index (χ3n) is 5.58. The quantitative estimate of drug-likeness (QED) is 0.109. The molecule has 0 aromatic heterocycles. The second-order valence-corrected chi connectivity index (χ2v) is 8.34. The minimum atomic E-state index is -0.434. The first-order chi connectivity index (χ1) is 15.7. The van der Waals surface area contributed by atoms with Gasteiger partial charge in [-0.3, -0.25) is 4.79 Å². The Balaban J connectivity index is 1.52. The molecule has 0 heterocycles. The summed E-state index contributed by atoms with van der Waals surface area (Å²) >= 11 is 0. The fraction of sp³-hybridized carbons (Fsp3) is 0.500. The third kappa shape index (κ3) is 10.6. The monoisotopic (exact) mass is 438 g/mol. The van der Waals surface area contributed by atoms with Gasteiger partial charge in [0.1, 0.15) is 17.8 Å². The molecule has 0 bridgehead atoms. The molecule has 0 radical (unpaired) electrons. The van der Waals surface area contributed by atoms with Crippen LogP contribution in [0.1, 0.15) is 105 Å². The molecule has 0 saturated carbocycles. The van der Waals surface area contributed by atoms with Crippen LogP contribution in [0, 0.1) is 0 Å². The summed E-state index contributed by atoms with van der Waals surface area (Å²) in [4.78, 5) is 22.9. The van der Waals surface area contributed by atoms with Crippen LogP contribution in [0.4, 0.5) is 0 Å². The maximum atomic E-state index is 12.2. The minimum Gasteiger partial charge on any atom is -0.494 e. The molecule has 0 aliphatic heterocycles. The second-order valence-electron chi connectivity index (χ2n) is 8.34. The Morgan fingerprint density at radius 3 is 1.72 bits per heavy atom. The Hall–Kier alpha value is -2.62. The summed E-state index contributed by atoms with van der Waals surface area (Å²) < 4.78 is 11.1. The first-order valence-electron chi connectivity index (χ1n) is 12.2. The highest BCUT2D eigenvalue weighted by atomic mass is 16.5. The Morgan fingerprint density at radius 1 is 0.688 bits per heavy atom. The lowest BCUT2D eigenvalue weighted by Gasteiger charge is -2.08. The number of rotatable bonds is 17. The number of esters is 1. The SMILES string of the molecule is CCCCCCCCCCCCCCOc1ccc(C(=O)Oc2ccc(C=O)cc2)cc1. The average molecular weight is 439 g/mol. The molecule has 0 N–H and O–H groups in total. The average Bonchev–Trinajstić information content (AvgIpc) is 2.83. The van der Waals surface area contributed by atoms with Crippen LogP contribution in [-0.2, 0) is 0 Å². The lowest BCUT2D eigenvalue weighted by atomic mass is 10.1. The van der Waals surface area contributed by atoms with Gasteiger partial charge in [0.25, 0.3) is 0 Å². The van der Waals surface area contributed by atoms with Crippen molar-refractivity contribution < 1.29 is 19.1 Å². The van der Waals surface area contributed by atoms with E-state index in [0.717, 1.165) is 18.5 Å². The number of carbonyl (C=O) groups excluding carboxylic acids is 2. The van der Waals surface area contributed by atoms with E-state index in [4.69, 9.17) is 9.47 Å². The molecule has 0 unspecified atom stereocenters. The molecular formula is C28H38O4. The fourth-order valence-electron chi connectivity index (χ4n) is 3.60. The summed E-state index contributed by atoms with van der Waals surface area (Å²) in [6, 6.07) is 13.4. The van der Waals surface area contributed by atoms with E-state index in [1.165, 1.54) is 70.6 Å². The van der Waals surface area contributed by atoms with Gasteiger partial charge in [0.05, 0.1) is 12.2 Å². The van der Waals surface area contributed by atoms with Crippen LogP contribution < -0.4 is 9.47 Å². The van der Waals surface area contributed by atoms with E-state index in [9.17, 15) is 9.59 Å². The normalized spacial score (nSPS) is 10.7. The standard InChI is InChI=1S/C28H38O4/c1-2-3-4-5-6-7-8-9-10-11-12-13-22-31-26-20-16-25(17-21-26)28(30)32-27-18-14-24(23-29)15-19-27/h14-21,23H,2-13,22H2,1H3. The first kappa shape index (κ1) is 25.6. The van der Waals surface area contributed by atoms with E-state index < -0.39 is 5.97 Å². The zero-order chi connectivity index (χ0) is 22.9. The van der Waals surface area contributed by atoms with Gasteiger partial charge in [-0.1, -0.05) is 77.6 Å². The maximum Gasteiger partial charge on any atom is 0.343 e. The van der Waals surface area contributed by atoms with Gasteiger partial charge in [0.2, 0.25) is 0 Å². The largest absolute Gasteiger partial charge is 0.494 e. The number of aldehydes is 1. The van der Waals surface area contributed by atoms with Gasteiger partial charge >= 0.3 is 5.97 Å². The van der Waals surface area contributed by atoms with Gasteiger partial charge in [-0.25, -0.2) is 4.79 Å². The highest BCUT2D eigenvalue weighted by Crippen LogP contribution is 2.17. The fourth-order valence-corrected chi connectivity index (χ4v) is 3.60. The zero-order valence-electron chi connectivity index (χ0n) is 19.5. The Labute approximate surface area is 193 Å². The van der Waals surface area contributed by atoms with Crippen molar-refractivity contribution in [3.63, 3.8) is 0 Å². The van der Waals surface area contributed by atoms with Crippen molar-refractivity contribution in [3.05, 3.63) is 59.7 Å². The van der Waals surface area contributed by atoms with Crippen LogP contribution in [-0.4, -0.2) is 18.9 Å². The molecule has 0 atom stereocenters. The second kappa shape index (κ2) is 16.1. The van der Waals surface area contributed by atoms with E-state index in [2.05, 4.69) is 6.92 Å². The third-order valence-corrected chi connectivity index (χ3v) is 5.58. The summed E-state index contributed by atoms with van der Waals surface area (Å²) in [7, 11) is 0. The van der Waals surface area contributed by atoms with Gasteiger partial charge in [0, 0.05) is 5.56 Å². The summed E-state index contributed by atoms with van der Waals surface area (Å²) in [5, 5.41) is 0. The lowest BCUT2D eigenvalue weighted by molar-refractivity contribution is 0.0734. The number of unbranched alkanes of at least 4 members (excludes halogenated alkanes) is 11. The number of ether oxygens (including phenoxy) is 2. The van der Waals surface area contributed by atoms with Gasteiger partial charge in [0.15, 0.2) is 0 Å². The predicted molar refractivity (Wildman–Crippen MR) is 130 cm³/mol. The molecule has 0 spiro atoms.